The number of amides is 1. The predicted octanol–water partition coefficient (Wildman–Crippen LogP) is 15.6. The Morgan fingerprint density at radius 2 is 1.20 bits per heavy atom. The smallest absolute Gasteiger partial charge is 0.368 e. The van der Waals surface area contributed by atoms with Crippen molar-refractivity contribution in [2.24, 2.45) is 0 Å². The molecule has 2 aliphatic heterocycles. The summed E-state index contributed by atoms with van der Waals surface area (Å²) in [5.74, 6) is -0.304. The minimum atomic E-state index is -4.89. The van der Waals surface area contributed by atoms with Crippen molar-refractivity contribution >= 4 is 78.1 Å². The molecule has 7 aromatic carbocycles. The van der Waals surface area contributed by atoms with E-state index in [9.17, 15) is 9.59 Å². The van der Waals surface area contributed by atoms with Crippen molar-refractivity contribution in [2.75, 3.05) is 51.2 Å². The first kappa shape index (κ1) is 60.0. The van der Waals surface area contributed by atoms with Crippen LogP contribution in [0.15, 0.2) is 199 Å². The van der Waals surface area contributed by atoms with E-state index in [-0.39, 0.29) is 40.1 Å². The van der Waals surface area contributed by atoms with Gasteiger partial charge in [0.15, 0.2) is 0 Å². The van der Waals surface area contributed by atoms with Gasteiger partial charge in [-0.1, -0.05) is 85.5 Å². The number of piperazine rings is 1. The van der Waals surface area contributed by atoms with Crippen LogP contribution in [0.25, 0.3) is 122 Å². The number of carbonyl (C=O) groups is 1. The molecule has 12 nitrogen and oxygen atoms in total. The Morgan fingerprint density at radius 3 is 1.91 bits per heavy atom. The molecule has 12 aromatic rings. The van der Waals surface area contributed by atoms with Crippen molar-refractivity contribution in [3.8, 4) is 55.9 Å². The van der Waals surface area contributed by atoms with E-state index in [2.05, 4.69) is 27.1 Å². The average molecular weight is 1250 g/mol. The zero-order valence-corrected chi connectivity index (χ0v) is 50.5. The van der Waals surface area contributed by atoms with E-state index in [4.69, 9.17) is 9.97 Å². The zero-order chi connectivity index (χ0) is 64.4. The first-order chi connectivity index (χ1) is 44.9. The zero-order valence-electron chi connectivity index (χ0n) is 50.5. The lowest BCUT2D eigenvalue weighted by Gasteiger charge is -2.32. The number of carbonyl (C=O) groups excluding carboxylic acids is 1. The highest BCUT2D eigenvalue weighted by atomic mass is 19.4. The molecule has 5 aromatic heterocycles. The van der Waals surface area contributed by atoms with Crippen LogP contribution in [0.2, 0.25) is 0 Å². The third-order valence-corrected chi connectivity index (χ3v) is 18.0. The maximum atomic E-state index is 15.7. The number of benzene rings is 7. The maximum absolute atomic E-state index is 15.7. The van der Waals surface area contributed by atoms with Crippen LogP contribution >= 0.6 is 0 Å². The summed E-state index contributed by atoms with van der Waals surface area (Å²) < 4.78 is 94.8. The normalized spacial score (nSPS) is 14.5. The van der Waals surface area contributed by atoms with Crippen LogP contribution in [0.3, 0.4) is 0 Å². The summed E-state index contributed by atoms with van der Waals surface area (Å²) in [7, 11) is 2.03. The van der Waals surface area contributed by atoms with Gasteiger partial charge in [0.25, 0.3) is 17.0 Å². The summed E-state index contributed by atoms with van der Waals surface area (Å²) in [6.45, 7) is 9.34. The minimum absolute atomic E-state index is 0.0121. The van der Waals surface area contributed by atoms with Crippen molar-refractivity contribution in [3.63, 3.8) is 0 Å². The number of hydrogen-bond donors (Lipinski definition) is 2. The van der Waals surface area contributed by atoms with E-state index >= 15 is 31.1 Å². The number of halogens is 6. The highest BCUT2D eigenvalue weighted by Crippen LogP contribution is 2.44. The minimum Gasteiger partial charge on any atom is -0.368 e. The molecule has 2 saturated heterocycles. The lowest BCUT2D eigenvalue weighted by molar-refractivity contribution is -0.137. The molecule has 0 aliphatic carbocycles. The number of likely N-dealkylation sites (tertiary alicyclic amines) is 1. The van der Waals surface area contributed by atoms with Crippen LogP contribution in [0, 0.1) is 0 Å². The predicted molar refractivity (Wildman–Crippen MR) is 358 cm³/mol. The van der Waals surface area contributed by atoms with Gasteiger partial charge in [0.2, 0.25) is 0 Å². The molecule has 2 N–H and O–H groups in total. The molecule has 0 saturated carbocycles. The van der Waals surface area contributed by atoms with Gasteiger partial charge >= 0.3 is 12.4 Å². The molecule has 2 aliphatic rings. The fourth-order valence-electron chi connectivity index (χ4n) is 13.4. The number of aromatic nitrogens is 5. The Morgan fingerprint density at radius 1 is 0.570 bits per heavy atom. The number of allylic oxidation sites excluding steroid dienone is 1. The van der Waals surface area contributed by atoms with E-state index in [1.807, 2.05) is 92.9 Å². The van der Waals surface area contributed by atoms with E-state index in [1.165, 1.54) is 63.7 Å². The molecule has 2 fully saturated rings. The monoisotopic (exact) mass is 1250 g/mol. The number of rotatable bonds is 11. The van der Waals surface area contributed by atoms with Gasteiger partial charge in [-0.25, -0.2) is 0 Å². The van der Waals surface area contributed by atoms with Crippen LogP contribution in [0.1, 0.15) is 52.5 Å². The second-order valence-electron chi connectivity index (χ2n) is 23.7. The van der Waals surface area contributed by atoms with Crippen LogP contribution in [0.4, 0.5) is 32.0 Å². The number of anilines is 1. The molecule has 0 radical (unpaired) electrons. The van der Waals surface area contributed by atoms with E-state index < -0.39 is 34.6 Å². The summed E-state index contributed by atoms with van der Waals surface area (Å²) in [5, 5.41) is 9.66. The summed E-state index contributed by atoms with van der Waals surface area (Å²) >= 11 is 0. The molecule has 1 amide bonds. The third-order valence-electron chi connectivity index (χ3n) is 18.0. The van der Waals surface area contributed by atoms with Gasteiger partial charge < -0.3 is 20.4 Å². The Bertz CT molecular complexity index is 5180. The number of nitrogens with zero attached hydrogens (tertiary/aromatic N) is 7. The second kappa shape index (κ2) is 23.9. The fourth-order valence-corrected chi connectivity index (χ4v) is 13.4. The summed E-state index contributed by atoms with van der Waals surface area (Å²) in [4.78, 5) is 61.1. The molecular weight excluding hydrogens is 1190 g/mol. The number of fused-ring (bicyclic) bond motifs is 7. The lowest BCUT2D eigenvalue weighted by Crippen LogP contribution is -2.44. The van der Waals surface area contributed by atoms with Gasteiger partial charge in [0, 0.05) is 113 Å². The van der Waals surface area contributed by atoms with Gasteiger partial charge in [-0.15, -0.1) is 0 Å². The number of hydrogen-bond acceptors (Lipinski definition) is 9. The Balaban J connectivity index is 0.925. The number of nitrogens with one attached hydrogen (secondary N) is 2. The SMILES string of the molecule is C=Cc1ncc(-c2ccc3ncc4c(-c5cccc6c(-c7ccc8ncc9ccc(=O)n(-c%10ccc(N%11CCNCC%11)c(C(F)(F)F)c%10)c9c8c7)cccc56)cc(=O)n(-c5ccc(-c6ccc(C(=O)NC7CCN(C)CC7)cc6)c(C(F)(F)F)c5)c4c3c2)cc1/C=C\C. The summed E-state index contributed by atoms with van der Waals surface area (Å²) in [6.07, 6.45) is 2.37. The van der Waals surface area contributed by atoms with Crippen molar-refractivity contribution in [2.45, 2.75) is 38.2 Å². The topological polar surface area (TPSA) is 130 Å². The number of alkyl halides is 6. The molecule has 14 rings (SSSR count). The number of pyridine rings is 5. The Hall–Kier alpha value is -10.6. The summed E-state index contributed by atoms with van der Waals surface area (Å²) in [5.41, 5.74) is 4.44. The largest absolute Gasteiger partial charge is 0.418 e. The molecule has 93 heavy (non-hydrogen) atoms. The molecule has 7 heterocycles. The van der Waals surface area contributed by atoms with Gasteiger partial charge in [0.05, 0.1) is 44.6 Å². The molecule has 0 spiro atoms. The van der Waals surface area contributed by atoms with Crippen LogP contribution in [-0.4, -0.2) is 87.3 Å². The van der Waals surface area contributed by atoms with Gasteiger partial charge in [0.1, 0.15) is 0 Å². The highest BCUT2D eigenvalue weighted by molar-refractivity contribution is 6.15. The fraction of sp³-hybridized carbons (Fsp3) is 0.173. The van der Waals surface area contributed by atoms with E-state index in [1.54, 1.807) is 53.8 Å². The van der Waals surface area contributed by atoms with Gasteiger partial charge in [-0.3, -0.25) is 38.5 Å². The standard InChI is InChI=1S/C75H59F6N9O3/c1-4-8-48-35-50(42-83-65(48)5-2)46-17-23-67-61(36-46)72-62(43-85-67)59(40-70(92)90(72)52-20-22-55(63(38-52)74(76,77)78)44-13-15-45(16-14-44)73(93)86-51-27-31-87(3)32-28-51)58-12-7-10-56-54(9-6-11-57(56)58)47-18-24-66-60(37-47)71-49(41-84-66)19-26-69(91)89(71)53-21-25-68(64(39-53)75(79,80)81)88-33-29-82-30-34-88/h4-26,35-43,51,82H,2,27-34H2,1,3H3,(H,86,93)/b8-4-. The van der Waals surface area contributed by atoms with Crippen molar-refractivity contribution < 1.29 is 31.1 Å². The van der Waals surface area contributed by atoms with Crippen molar-refractivity contribution in [3.05, 3.63) is 238 Å². The molecule has 0 unspecified atom stereocenters. The van der Waals surface area contributed by atoms with Crippen molar-refractivity contribution in [1.82, 2.24) is 39.6 Å². The Labute approximate surface area is 529 Å². The molecule has 464 valence electrons. The van der Waals surface area contributed by atoms with Crippen molar-refractivity contribution in [1.29, 1.82) is 0 Å². The molecule has 18 heteroatoms. The molecular formula is C75H59F6N9O3. The highest BCUT2D eigenvalue weighted by Gasteiger charge is 2.37. The first-order valence-electron chi connectivity index (χ1n) is 30.6. The van der Waals surface area contributed by atoms with E-state index in [0.29, 0.717) is 109 Å². The summed E-state index contributed by atoms with van der Waals surface area (Å²) in [6, 6.07) is 42.7. The average Bonchev–Trinajstić information content (AvgIpc) is 0.747. The second-order valence-corrected chi connectivity index (χ2v) is 23.7. The maximum Gasteiger partial charge on any atom is 0.418 e. The molecule has 0 bridgehead atoms. The first-order valence-corrected chi connectivity index (χ1v) is 30.6. The van der Waals surface area contributed by atoms with Crippen LogP contribution in [0.5, 0.6) is 0 Å². The molecule has 0 atom stereocenters. The van der Waals surface area contributed by atoms with Crippen LogP contribution in [-0.2, 0) is 12.4 Å². The van der Waals surface area contributed by atoms with E-state index in [0.717, 1.165) is 60.1 Å². The number of piperidine rings is 1. The Kier molecular flexibility index (Phi) is 15.4. The van der Waals surface area contributed by atoms with Gasteiger partial charge in [-0.2, -0.15) is 26.3 Å². The quantitative estimate of drug-likeness (QED) is 0.0960. The lowest BCUT2D eigenvalue weighted by atomic mass is 9.91. The van der Waals surface area contributed by atoms with Gasteiger partial charge in [-0.05, 0) is 175 Å². The third kappa shape index (κ3) is 11.2. The van der Waals surface area contributed by atoms with Crippen LogP contribution < -0.4 is 26.7 Å².